The number of amides is 1. The summed E-state index contributed by atoms with van der Waals surface area (Å²) in [5, 5.41) is 11.4. The first-order valence-electron chi connectivity index (χ1n) is 7.75. The van der Waals surface area contributed by atoms with E-state index in [0.717, 1.165) is 12.1 Å². The number of halogens is 3. The van der Waals surface area contributed by atoms with Gasteiger partial charge in [0.05, 0.1) is 25.2 Å². The molecule has 0 spiro atoms. The second-order valence-corrected chi connectivity index (χ2v) is 5.65. The zero-order chi connectivity index (χ0) is 19.3. The largest absolute Gasteiger partial charge is 0.496 e. The average molecular weight is 362 g/mol. The van der Waals surface area contributed by atoms with Crippen molar-refractivity contribution in [3.8, 4) is 22.9 Å². The van der Waals surface area contributed by atoms with Crippen LogP contribution in [0.5, 0.6) is 5.75 Å². The smallest absolute Gasteiger partial charge is 0.416 e. The normalized spacial score (nSPS) is 10.9. The van der Waals surface area contributed by atoms with E-state index in [9.17, 15) is 18.0 Å². The third-order valence-electron chi connectivity index (χ3n) is 3.80. The molecule has 0 radical (unpaired) electrons. The quantitative estimate of drug-likeness (QED) is 0.872. The molecule has 1 N–H and O–H groups in total. The van der Waals surface area contributed by atoms with Crippen molar-refractivity contribution in [1.82, 2.24) is 5.32 Å². The summed E-state index contributed by atoms with van der Waals surface area (Å²) in [7, 11) is 1.46. The minimum Gasteiger partial charge on any atom is -0.496 e. The molecular formula is C19H17F3N2O2. The van der Waals surface area contributed by atoms with E-state index in [-0.39, 0.29) is 18.9 Å². The molecule has 2 aromatic carbocycles. The van der Waals surface area contributed by atoms with E-state index in [1.165, 1.54) is 20.1 Å². The number of nitrogens with zero attached hydrogens (tertiary/aromatic N) is 1. The summed E-state index contributed by atoms with van der Waals surface area (Å²) in [5.41, 5.74) is 1.29. The van der Waals surface area contributed by atoms with E-state index >= 15 is 0 Å². The molecule has 7 heteroatoms. The Kier molecular flexibility index (Phi) is 5.88. The maximum atomic E-state index is 13.1. The third kappa shape index (κ3) is 4.54. The van der Waals surface area contributed by atoms with Gasteiger partial charge < -0.3 is 10.1 Å². The Hall–Kier alpha value is -3.01. The van der Waals surface area contributed by atoms with Crippen molar-refractivity contribution >= 4 is 5.91 Å². The number of ether oxygens (including phenoxy) is 1. The van der Waals surface area contributed by atoms with Crippen LogP contribution in [0.3, 0.4) is 0 Å². The average Bonchev–Trinajstić information content (AvgIpc) is 2.59. The lowest BCUT2D eigenvalue weighted by atomic mass is 9.94. The molecule has 0 atom stereocenters. The topological polar surface area (TPSA) is 62.1 Å². The summed E-state index contributed by atoms with van der Waals surface area (Å²) in [6.07, 6.45) is -4.32. The van der Waals surface area contributed by atoms with Gasteiger partial charge in [-0.05, 0) is 41.0 Å². The van der Waals surface area contributed by atoms with Crippen molar-refractivity contribution in [3.63, 3.8) is 0 Å². The minimum absolute atomic E-state index is 0.0553. The molecule has 0 fully saturated rings. The Labute approximate surface area is 149 Å². The van der Waals surface area contributed by atoms with Crippen LogP contribution in [0.15, 0.2) is 36.4 Å². The number of carbonyl (C=O) groups is 1. The van der Waals surface area contributed by atoms with Crippen LogP contribution in [0.25, 0.3) is 11.1 Å². The van der Waals surface area contributed by atoms with E-state index in [0.29, 0.717) is 28.0 Å². The van der Waals surface area contributed by atoms with Crippen molar-refractivity contribution < 1.29 is 22.7 Å². The summed E-state index contributed by atoms with van der Waals surface area (Å²) < 4.78 is 44.5. The molecule has 136 valence electrons. The molecule has 0 bridgehead atoms. The summed E-state index contributed by atoms with van der Waals surface area (Å²) in [6, 6.07) is 10.5. The van der Waals surface area contributed by atoms with E-state index in [4.69, 9.17) is 10.00 Å². The third-order valence-corrected chi connectivity index (χ3v) is 3.80. The molecule has 0 aliphatic carbocycles. The fourth-order valence-corrected chi connectivity index (χ4v) is 2.57. The van der Waals surface area contributed by atoms with Gasteiger partial charge in [-0.1, -0.05) is 12.1 Å². The summed E-state index contributed by atoms with van der Waals surface area (Å²) in [4.78, 5) is 11.2. The van der Waals surface area contributed by atoms with Gasteiger partial charge in [0.25, 0.3) is 0 Å². The SMILES string of the molecule is COc1ccc(CC#N)cc1-c1ccc(C(F)(F)F)cc1CNC(C)=O. The molecule has 0 aliphatic rings. The molecule has 2 aromatic rings. The molecule has 0 aromatic heterocycles. The van der Waals surface area contributed by atoms with Crippen molar-refractivity contribution in [2.75, 3.05) is 7.11 Å². The van der Waals surface area contributed by atoms with Crippen LogP contribution in [0.1, 0.15) is 23.6 Å². The Morgan fingerprint density at radius 3 is 2.50 bits per heavy atom. The van der Waals surface area contributed by atoms with Crippen LogP contribution in [-0.4, -0.2) is 13.0 Å². The second kappa shape index (κ2) is 7.91. The van der Waals surface area contributed by atoms with E-state index in [1.807, 2.05) is 6.07 Å². The molecule has 4 nitrogen and oxygen atoms in total. The highest BCUT2D eigenvalue weighted by Gasteiger charge is 2.31. The zero-order valence-electron chi connectivity index (χ0n) is 14.3. The highest BCUT2D eigenvalue weighted by molar-refractivity contribution is 5.76. The van der Waals surface area contributed by atoms with E-state index < -0.39 is 11.7 Å². The number of hydrogen-bond donors (Lipinski definition) is 1. The van der Waals surface area contributed by atoms with Gasteiger partial charge in [-0.3, -0.25) is 4.79 Å². The van der Waals surface area contributed by atoms with Crippen LogP contribution in [-0.2, 0) is 23.9 Å². The number of nitriles is 1. The lowest BCUT2D eigenvalue weighted by Crippen LogP contribution is -2.20. The molecule has 26 heavy (non-hydrogen) atoms. The van der Waals surface area contributed by atoms with Gasteiger partial charge in [-0.15, -0.1) is 0 Å². The van der Waals surface area contributed by atoms with Gasteiger partial charge in [-0.25, -0.2) is 0 Å². The molecule has 0 saturated heterocycles. The minimum atomic E-state index is -4.49. The van der Waals surface area contributed by atoms with Gasteiger partial charge in [-0.2, -0.15) is 18.4 Å². The van der Waals surface area contributed by atoms with Crippen molar-refractivity contribution in [2.24, 2.45) is 0 Å². The van der Waals surface area contributed by atoms with Gasteiger partial charge in [0.1, 0.15) is 5.75 Å². The predicted molar refractivity (Wildman–Crippen MR) is 90.3 cm³/mol. The molecule has 0 heterocycles. The number of carbonyl (C=O) groups excluding carboxylic acids is 1. The molecular weight excluding hydrogens is 345 g/mol. The van der Waals surface area contributed by atoms with E-state index in [1.54, 1.807) is 18.2 Å². The number of methoxy groups -OCH3 is 1. The molecule has 0 aliphatic heterocycles. The first-order chi connectivity index (χ1) is 12.3. The van der Waals surface area contributed by atoms with Crippen molar-refractivity contribution in [3.05, 3.63) is 53.1 Å². The standard InChI is InChI=1S/C19H17F3N2O2/c1-12(25)24-11-14-10-15(19(20,21)22)4-5-16(14)17-9-13(7-8-23)3-6-18(17)26-2/h3-6,9-10H,7,11H2,1-2H3,(H,24,25). The van der Waals surface area contributed by atoms with Gasteiger partial charge in [0.2, 0.25) is 5.91 Å². The lowest BCUT2D eigenvalue weighted by Gasteiger charge is -2.17. The van der Waals surface area contributed by atoms with Gasteiger partial charge >= 0.3 is 6.18 Å². The maximum Gasteiger partial charge on any atom is 0.416 e. The first-order valence-corrected chi connectivity index (χ1v) is 7.75. The van der Waals surface area contributed by atoms with Gasteiger partial charge in [0, 0.05) is 19.0 Å². The Morgan fingerprint density at radius 1 is 1.19 bits per heavy atom. The molecule has 1 amide bonds. The fourth-order valence-electron chi connectivity index (χ4n) is 2.57. The second-order valence-electron chi connectivity index (χ2n) is 5.65. The lowest BCUT2D eigenvalue weighted by molar-refractivity contribution is -0.137. The number of nitrogens with one attached hydrogen (secondary N) is 1. The Morgan fingerprint density at radius 2 is 1.92 bits per heavy atom. The maximum absolute atomic E-state index is 13.1. The number of benzene rings is 2. The molecule has 0 saturated carbocycles. The van der Waals surface area contributed by atoms with Crippen LogP contribution in [0, 0.1) is 11.3 Å². The van der Waals surface area contributed by atoms with Crippen molar-refractivity contribution in [1.29, 1.82) is 5.26 Å². The summed E-state index contributed by atoms with van der Waals surface area (Å²) in [6.45, 7) is 1.24. The molecule has 0 unspecified atom stereocenters. The monoisotopic (exact) mass is 362 g/mol. The number of alkyl halides is 3. The van der Waals surface area contributed by atoms with E-state index in [2.05, 4.69) is 5.32 Å². The van der Waals surface area contributed by atoms with Crippen LogP contribution >= 0.6 is 0 Å². The number of hydrogen-bond acceptors (Lipinski definition) is 3. The highest BCUT2D eigenvalue weighted by Crippen LogP contribution is 2.37. The van der Waals surface area contributed by atoms with Crippen molar-refractivity contribution in [2.45, 2.75) is 26.1 Å². The number of rotatable bonds is 5. The molecule has 2 rings (SSSR count). The Balaban J connectivity index is 2.62. The van der Waals surface area contributed by atoms with Gasteiger partial charge in [0.15, 0.2) is 0 Å². The Bertz CT molecular complexity index is 855. The van der Waals surface area contributed by atoms with Crippen LogP contribution < -0.4 is 10.1 Å². The first kappa shape index (κ1) is 19.3. The zero-order valence-corrected chi connectivity index (χ0v) is 14.3. The van der Waals surface area contributed by atoms with Crippen LogP contribution in [0.4, 0.5) is 13.2 Å². The predicted octanol–water partition coefficient (Wildman–Crippen LogP) is 4.08. The van der Waals surface area contributed by atoms with Crippen LogP contribution in [0.2, 0.25) is 0 Å². The summed E-state index contributed by atoms with van der Waals surface area (Å²) >= 11 is 0. The fraction of sp³-hybridized carbons (Fsp3) is 0.263. The summed E-state index contributed by atoms with van der Waals surface area (Å²) in [5.74, 6) is 0.120. The highest BCUT2D eigenvalue weighted by atomic mass is 19.4.